The summed E-state index contributed by atoms with van der Waals surface area (Å²) < 4.78 is 1.62. The molecule has 0 spiro atoms. The van der Waals surface area contributed by atoms with Gasteiger partial charge < -0.3 is 17.8 Å². The molecule has 0 unspecified atom stereocenters. The van der Waals surface area contributed by atoms with E-state index in [4.69, 9.17) is 11.6 Å². The molecule has 2 aromatic heterocycles. The Hall–Kier alpha value is -0.733. The summed E-state index contributed by atoms with van der Waals surface area (Å²) in [6, 6.07) is 6.49. The van der Waals surface area contributed by atoms with E-state index in [1.807, 2.05) is 18.4 Å². The fourth-order valence-corrected chi connectivity index (χ4v) is 1.45. The molecule has 0 aliphatic rings. The second-order valence-corrected chi connectivity index (χ2v) is 5.84. The van der Waals surface area contributed by atoms with Crippen LogP contribution < -0.4 is 18.9 Å². The fraction of sp³-hybridized carbons (Fsp3) is 0.375. The van der Waals surface area contributed by atoms with Gasteiger partial charge in [-0.15, -0.1) is 24.2 Å². The Morgan fingerprint density at radius 3 is 2.52 bits per heavy atom. The number of aromatic nitrogens is 3. The largest absolute Gasteiger partial charge is 1.00 e. The van der Waals surface area contributed by atoms with E-state index in [0.717, 1.165) is 11.4 Å². The molecule has 0 atom stereocenters. The third kappa shape index (κ3) is 14.6. The molecule has 7 heteroatoms. The SMILES string of the molecule is CSCC[C-]=O.Clc1[c-]cn(-c2cccnc2)n1.[CH2-]C(C)C.[Li+]. The van der Waals surface area contributed by atoms with E-state index in [1.54, 1.807) is 41.3 Å². The summed E-state index contributed by atoms with van der Waals surface area (Å²) in [6.45, 7) is 7.75. The van der Waals surface area contributed by atoms with Gasteiger partial charge in [-0.3, -0.25) is 16.0 Å². The van der Waals surface area contributed by atoms with Gasteiger partial charge in [0.2, 0.25) is 0 Å². The van der Waals surface area contributed by atoms with Crippen molar-refractivity contribution < 1.29 is 23.7 Å². The number of rotatable bonds is 4. The molecular weight excluding hydrogens is 325 g/mol. The van der Waals surface area contributed by atoms with Crippen molar-refractivity contribution in [1.29, 1.82) is 0 Å². The van der Waals surface area contributed by atoms with Crippen LogP contribution in [0.2, 0.25) is 5.15 Å². The summed E-state index contributed by atoms with van der Waals surface area (Å²) in [6.07, 6.45) is 9.42. The van der Waals surface area contributed by atoms with Crippen LogP contribution >= 0.6 is 23.4 Å². The third-order valence-corrected chi connectivity index (χ3v) is 2.62. The Kier molecular flexibility index (Phi) is 17.2. The monoisotopic (exact) mass is 345 g/mol. The Balaban J connectivity index is 0. The molecule has 23 heavy (non-hydrogen) atoms. The number of thioether (sulfide) groups is 1. The Morgan fingerprint density at radius 1 is 1.52 bits per heavy atom. The first kappa shape index (κ1) is 24.5. The summed E-state index contributed by atoms with van der Waals surface area (Å²) in [4.78, 5) is 13.4. The van der Waals surface area contributed by atoms with Crippen molar-refractivity contribution in [1.82, 2.24) is 14.8 Å². The standard InChI is InChI=1S/C8H5ClN3.C4H7OS.C4H9.Li/c9-8-3-5-12(11-8)7-2-1-4-10-6-7;1-6-4-2-3-5;1-4(2)3;/h1-2,4-6H;2,4H2,1H3;4H,1H2,2-3H3;/q3*-1;+1. The molecule has 0 amide bonds. The second kappa shape index (κ2) is 16.1. The summed E-state index contributed by atoms with van der Waals surface area (Å²) in [7, 11) is 0. The van der Waals surface area contributed by atoms with Crippen LogP contribution in [-0.4, -0.2) is 33.1 Å². The molecule has 2 rings (SSSR count). The maximum Gasteiger partial charge on any atom is 1.00 e. The van der Waals surface area contributed by atoms with Crippen LogP contribution in [0, 0.1) is 18.9 Å². The Labute approximate surface area is 160 Å². The average Bonchev–Trinajstić information content (AvgIpc) is 2.93. The van der Waals surface area contributed by atoms with Crippen LogP contribution in [0.15, 0.2) is 30.7 Å². The predicted molar refractivity (Wildman–Crippen MR) is 94.1 cm³/mol. The summed E-state index contributed by atoms with van der Waals surface area (Å²) in [5.41, 5.74) is 0.876. The van der Waals surface area contributed by atoms with E-state index in [2.05, 4.69) is 36.9 Å². The van der Waals surface area contributed by atoms with Crippen LogP contribution in [0.5, 0.6) is 0 Å². The number of halogens is 1. The first-order valence-corrected chi connectivity index (χ1v) is 8.48. The van der Waals surface area contributed by atoms with E-state index in [1.165, 1.54) is 0 Å². The van der Waals surface area contributed by atoms with Gasteiger partial charge >= 0.3 is 18.9 Å². The minimum atomic E-state index is 0. The summed E-state index contributed by atoms with van der Waals surface area (Å²) in [5, 5.41) is 4.33. The van der Waals surface area contributed by atoms with Crippen molar-refractivity contribution in [3.05, 3.63) is 48.9 Å². The topological polar surface area (TPSA) is 47.8 Å². The smallest absolute Gasteiger partial charge is 0.542 e. The zero-order valence-corrected chi connectivity index (χ0v) is 15.7. The van der Waals surface area contributed by atoms with Gasteiger partial charge in [0.15, 0.2) is 0 Å². The molecule has 0 aromatic carbocycles. The zero-order valence-electron chi connectivity index (χ0n) is 14.1. The van der Waals surface area contributed by atoms with Crippen LogP contribution in [0.1, 0.15) is 20.3 Å². The minimum Gasteiger partial charge on any atom is -0.542 e. The van der Waals surface area contributed by atoms with Crippen LogP contribution in [0.4, 0.5) is 0 Å². The molecule has 0 aliphatic heterocycles. The molecule has 4 nitrogen and oxygen atoms in total. The number of hydrogen-bond donors (Lipinski definition) is 0. The van der Waals surface area contributed by atoms with Crippen molar-refractivity contribution in [2.24, 2.45) is 5.92 Å². The molecular formula is C16H21ClLiN3OS-2. The quantitative estimate of drug-likeness (QED) is 0.472. The average molecular weight is 346 g/mol. The molecule has 2 aromatic rings. The molecule has 0 N–H and O–H groups in total. The van der Waals surface area contributed by atoms with Crippen LogP contribution in [0.3, 0.4) is 0 Å². The van der Waals surface area contributed by atoms with E-state index < -0.39 is 0 Å². The maximum absolute atomic E-state index is 9.43. The predicted octanol–water partition coefficient (Wildman–Crippen LogP) is 1.05. The van der Waals surface area contributed by atoms with Crippen molar-refractivity contribution >= 4 is 29.6 Å². The van der Waals surface area contributed by atoms with Crippen LogP contribution in [-0.2, 0) is 4.79 Å². The third-order valence-electron chi connectivity index (χ3n) is 1.82. The van der Waals surface area contributed by atoms with E-state index in [-0.39, 0.29) is 18.9 Å². The summed E-state index contributed by atoms with van der Waals surface area (Å²) in [5.74, 6) is 1.49. The van der Waals surface area contributed by atoms with Gasteiger partial charge in [0.05, 0.1) is 11.9 Å². The van der Waals surface area contributed by atoms with Gasteiger partial charge in [0, 0.05) is 6.20 Å². The van der Waals surface area contributed by atoms with E-state index >= 15 is 0 Å². The molecule has 0 radical (unpaired) electrons. The normalized spacial score (nSPS) is 8.96. The molecule has 0 aliphatic carbocycles. The molecule has 2 heterocycles. The number of carbonyl (C=O) groups excluding carboxylic acids is 1. The van der Waals surface area contributed by atoms with Crippen molar-refractivity contribution in [2.75, 3.05) is 12.0 Å². The minimum absolute atomic E-state index is 0. The van der Waals surface area contributed by atoms with E-state index in [0.29, 0.717) is 17.5 Å². The van der Waals surface area contributed by atoms with Gasteiger partial charge in [-0.2, -0.15) is 22.8 Å². The zero-order chi connectivity index (χ0) is 16.8. The first-order chi connectivity index (χ1) is 10.5. The Bertz CT molecular complexity index is 506. The van der Waals surface area contributed by atoms with Crippen molar-refractivity contribution in [3.63, 3.8) is 0 Å². The van der Waals surface area contributed by atoms with Gasteiger partial charge in [-0.05, 0) is 29.3 Å². The van der Waals surface area contributed by atoms with Crippen LogP contribution in [0.25, 0.3) is 5.69 Å². The second-order valence-electron chi connectivity index (χ2n) is 4.50. The first-order valence-electron chi connectivity index (χ1n) is 6.71. The summed E-state index contributed by atoms with van der Waals surface area (Å²) >= 11 is 7.27. The molecule has 0 saturated heterocycles. The maximum atomic E-state index is 9.43. The molecule has 0 fully saturated rings. The Morgan fingerprint density at radius 2 is 2.17 bits per heavy atom. The van der Waals surface area contributed by atoms with Gasteiger partial charge in [-0.25, -0.2) is 0 Å². The van der Waals surface area contributed by atoms with E-state index in [9.17, 15) is 4.79 Å². The molecule has 0 saturated carbocycles. The number of pyridine rings is 1. The molecule has 122 valence electrons. The van der Waals surface area contributed by atoms with Crippen molar-refractivity contribution in [3.8, 4) is 5.69 Å². The fourth-order valence-electron chi connectivity index (χ4n) is 1.03. The van der Waals surface area contributed by atoms with Gasteiger partial charge in [0.1, 0.15) is 0 Å². The van der Waals surface area contributed by atoms with Crippen molar-refractivity contribution in [2.45, 2.75) is 20.3 Å². The van der Waals surface area contributed by atoms with Gasteiger partial charge in [0.25, 0.3) is 0 Å². The van der Waals surface area contributed by atoms with Gasteiger partial charge in [-0.1, -0.05) is 13.8 Å². The number of hydrogen-bond acceptors (Lipinski definition) is 4. The number of nitrogens with zero attached hydrogens (tertiary/aromatic N) is 3. The molecule has 0 bridgehead atoms.